The van der Waals surface area contributed by atoms with Gasteiger partial charge in [-0.2, -0.15) is 4.99 Å². The van der Waals surface area contributed by atoms with Crippen LogP contribution < -0.4 is 4.80 Å². The molecule has 0 bridgehead atoms. The lowest BCUT2D eigenvalue weighted by atomic mass is 10.1. The molecule has 1 amide bonds. The molecule has 5 aromatic rings. The number of thiophene rings is 1. The van der Waals surface area contributed by atoms with E-state index in [9.17, 15) is 14.9 Å². The van der Waals surface area contributed by atoms with Gasteiger partial charge in [0.2, 0.25) is 0 Å². The second kappa shape index (κ2) is 7.57. The lowest BCUT2D eigenvalue weighted by molar-refractivity contribution is -0.384. The summed E-state index contributed by atoms with van der Waals surface area (Å²) < 4.78 is 3.86. The van der Waals surface area contributed by atoms with Crippen molar-refractivity contribution in [1.29, 1.82) is 0 Å². The first-order chi connectivity index (χ1) is 15.0. The number of hydrogen-bond acceptors (Lipinski definition) is 5. The number of thiazole rings is 1. The van der Waals surface area contributed by atoms with Crippen LogP contribution in [0.5, 0.6) is 0 Å². The van der Waals surface area contributed by atoms with Gasteiger partial charge in [0.05, 0.1) is 20.0 Å². The third-order valence-corrected chi connectivity index (χ3v) is 7.24. The molecule has 8 heteroatoms. The Bertz CT molecular complexity index is 1590. The summed E-state index contributed by atoms with van der Waals surface area (Å²) in [4.78, 5) is 29.0. The molecule has 0 saturated carbocycles. The molecule has 0 saturated heterocycles. The second-order valence-electron chi connectivity index (χ2n) is 6.93. The number of benzene rings is 3. The Balaban J connectivity index is 1.66. The van der Waals surface area contributed by atoms with Crippen molar-refractivity contribution in [2.75, 3.05) is 0 Å². The Morgan fingerprint density at radius 2 is 1.94 bits per heavy atom. The first kappa shape index (κ1) is 19.3. The van der Waals surface area contributed by atoms with Crippen LogP contribution in [0.15, 0.2) is 78.3 Å². The fourth-order valence-corrected chi connectivity index (χ4v) is 5.68. The van der Waals surface area contributed by atoms with Crippen molar-refractivity contribution >= 4 is 65.3 Å². The van der Waals surface area contributed by atoms with Gasteiger partial charge in [-0.15, -0.1) is 17.9 Å². The quantitative estimate of drug-likeness (QED) is 0.196. The minimum Gasteiger partial charge on any atom is -0.312 e. The number of non-ortho nitro benzene ring substituents is 1. The van der Waals surface area contributed by atoms with Crippen LogP contribution in [0.2, 0.25) is 0 Å². The van der Waals surface area contributed by atoms with Crippen LogP contribution in [0, 0.1) is 10.1 Å². The summed E-state index contributed by atoms with van der Waals surface area (Å²) in [6.07, 6.45) is 1.78. The highest BCUT2D eigenvalue weighted by molar-refractivity contribution is 7.21. The van der Waals surface area contributed by atoms with Gasteiger partial charge in [0.15, 0.2) is 4.80 Å². The molecular weight excluding hydrogens is 430 g/mol. The van der Waals surface area contributed by atoms with E-state index in [-0.39, 0.29) is 11.6 Å². The number of nitrogens with zero attached hydrogens (tertiary/aromatic N) is 3. The standard InChI is InChI=1S/C23H15N3O3S2/c1-2-11-25-18-9-7-14-5-3-4-6-17(14)21(18)31-23(25)24-22(27)20-13-15-12-16(26(28)29)8-10-19(15)30-20/h2-10,12-13H,1,11H2. The fourth-order valence-electron chi connectivity index (χ4n) is 3.58. The van der Waals surface area contributed by atoms with Gasteiger partial charge in [0.25, 0.3) is 11.6 Å². The highest BCUT2D eigenvalue weighted by Crippen LogP contribution is 2.30. The number of aromatic nitrogens is 1. The molecule has 3 aromatic carbocycles. The number of amides is 1. The van der Waals surface area contributed by atoms with E-state index in [2.05, 4.69) is 29.8 Å². The molecule has 0 unspecified atom stereocenters. The molecule has 0 atom stereocenters. The van der Waals surface area contributed by atoms with Crippen molar-refractivity contribution < 1.29 is 9.72 Å². The largest absolute Gasteiger partial charge is 0.312 e. The zero-order chi connectivity index (χ0) is 21.5. The Morgan fingerprint density at radius 1 is 1.10 bits per heavy atom. The van der Waals surface area contributed by atoms with Gasteiger partial charge < -0.3 is 4.57 Å². The summed E-state index contributed by atoms with van der Waals surface area (Å²) in [6, 6.07) is 18.5. The number of rotatable bonds is 4. The molecule has 0 aliphatic carbocycles. The van der Waals surface area contributed by atoms with Crippen molar-refractivity contribution in [2.45, 2.75) is 6.54 Å². The predicted octanol–water partition coefficient (Wildman–Crippen LogP) is 5.91. The molecule has 152 valence electrons. The molecular formula is C23H15N3O3S2. The maximum Gasteiger partial charge on any atom is 0.289 e. The van der Waals surface area contributed by atoms with E-state index in [1.165, 1.54) is 34.8 Å². The molecule has 0 aliphatic heterocycles. The zero-order valence-electron chi connectivity index (χ0n) is 16.1. The maximum atomic E-state index is 13.0. The molecule has 5 rings (SSSR count). The van der Waals surface area contributed by atoms with Gasteiger partial charge in [0.1, 0.15) is 0 Å². The third kappa shape index (κ3) is 3.35. The first-order valence-electron chi connectivity index (χ1n) is 9.44. The van der Waals surface area contributed by atoms with E-state index in [4.69, 9.17) is 0 Å². The molecule has 0 fully saturated rings. The summed E-state index contributed by atoms with van der Waals surface area (Å²) in [7, 11) is 0. The molecule has 0 radical (unpaired) electrons. The number of nitro groups is 1. The van der Waals surface area contributed by atoms with Gasteiger partial charge >= 0.3 is 0 Å². The monoisotopic (exact) mass is 445 g/mol. The van der Waals surface area contributed by atoms with E-state index in [1.54, 1.807) is 18.2 Å². The number of carbonyl (C=O) groups is 1. The van der Waals surface area contributed by atoms with E-state index in [0.717, 1.165) is 25.7 Å². The normalized spacial score (nSPS) is 12.1. The van der Waals surface area contributed by atoms with Gasteiger partial charge in [-0.1, -0.05) is 47.7 Å². The van der Waals surface area contributed by atoms with Gasteiger partial charge in [0, 0.05) is 34.1 Å². The van der Waals surface area contributed by atoms with Crippen molar-refractivity contribution in [1.82, 2.24) is 4.57 Å². The first-order valence-corrected chi connectivity index (χ1v) is 11.1. The average molecular weight is 446 g/mol. The SMILES string of the molecule is C=CCn1c(=NC(=O)c2cc3cc([N+](=O)[O-])ccc3s2)sc2c3ccccc3ccc21. The van der Waals surface area contributed by atoms with E-state index < -0.39 is 4.92 Å². The second-order valence-corrected chi connectivity index (χ2v) is 8.99. The van der Waals surface area contributed by atoms with Crippen LogP contribution in [0.4, 0.5) is 5.69 Å². The van der Waals surface area contributed by atoms with Crippen LogP contribution in [0.25, 0.3) is 31.1 Å². The lowest BCUT2D eigenvalue weighted by Gasteiger charge is -2.02. The smallest absolute Gasteiger partial charge is 0.289 e. The minimum atomic E-state index is -0.442. The lowest BCUT2D eigenvalue weighted by Crippen LogP contribution is -2.15. The van der Waals surface area contributed by atoms with Crippen molar-refractivity contribution in [3.63, 3.8) is 0 Å². The summed E-state index contributed by atoms with van der Waals surface area (Å²) in [6.45, 7) is 4.37. The van der Waals surface area contributed by atoms with Crippen molar-refractivity contribution in [2.24, 2.45) is 4.99 Å². The fraction of sp³-hybridized carbons (Fsp3) is 0.0435. The molecule has 0 aliphatic rings. The average Bonchev–Trinajstić information content (AvgIpc) is 3.35. The molecule has 2 heterocycles. The summed E-state index contributed by atoms with van der Waals surface area (Å²) >= 11 is 2.76. The topological polar surface area (TPSA) is 77.5 Å². The molecule has 0 N–H and O–H groups in total. The number of allylic oxidation sites excluding steroid dienone is 1. The summed E-state index contributed by atoms with van der Waals surface area (Å²) in [5.41, 5.74) is 1.00. The Kier molecular flexibility index (Phi) is 4.72. The minimum absolute atomic E-state index is 0.00134. The van der Waals surface area contributed by atoms with Crippen LogP contribution in [-0.4, -0.2) is 15.4 Å². The van der Waals surface area contributed by atoms with Crippen LogP contribution in [-0.2, 0) is 6.54 Å². The summed E-state index contributed by atoms with van der Waals surface area (Å²) in [5, 5.41) is 13.9. The predicted molar refractivity (Wildman–Crippen MR) is 126 cm³/mol. The Hall–Kier alpha value is -3.62. The number of fused-ring (bicyclic) bond motifs is 4. The number of carbonyl (C=O) groups excluding carboxylic acids is 1. The van der Waals surface area contributed by atoms with E-state index in [1.807, 2.05) is 22.8 Å². The zero-order valence-corrected chi connectivity index (χ0v) is 17.8. The van der Waals surface area contributed by atoms with Crippen LogP contribution in [0.1, 0.15) is 9.67 Å². The van der Waals surface area contributed by atoms with Crippen molar-refractivity contribution in [3.8, 4) is 0 Å². The number of hydrogen-bond donors (Lipinski definition) is 0. The van der Waals surface area contributed by atoms with Gasteiger partial charge in [-0.05, 0) is 23.6 Å². The maximum absolute atomic E-state index is 13.0. The van der Waals surface area contributed by atoms with Crippen LogP contribution in [0.3, 0.4) is 0 Å². The Morgan fingerprint density at radius 3 is 2.74 bits per heavy atom. The molecule has 6 nitrogen and oxygen atoms in total. The number of nitro benzene ring substituents is 1. The van der Waals surface area contributed by atoms with Crippen LogP contribution >= 0.6 is 22.7 Å². The highest BCUT2D eigenvalue weighted by Gasteiger charge is 2.15. The molecule has 31 heavy (non-hydrogen) atoms. The molecule has 0 spiro atoms. The van der Waals surface area contributed by atoms with Gasteiger partial charge in [-0.3, -0.25) is 14.9 Å². The van der Waals surface area contributed by atoms with Crippen molar-refractivity contribution in [3.05, 3.63) is 93.1 Å². The van der Waals surface area contributed by atoms with E-state index >= 15 is 0 Å². The Labute approximate surface area is 184 Å². The van der Waals surface area contributed by atoms with E-state index in [0.29, 0.717) is 21.6 Å². The van der Waals surface area contributed by atoms with Gasteiger partial charge in [-0.25, -0.2) is 0 Å². The molecule has 2 aromatic heterocycles. The highest BCUT2D eigenvalue weighted by atomic mass is 32.1. The summed E-state index contributed by atoms with van der Waals surface area (Å²) in [5.74, 6) is -0.363. The third-order valence-electron chi connectivity index (χ3n) is 5.00.